The van der Waals surface area contributed by atoms with Gasteiger partial charge in [-0.05, 0) is 56.9 Å². The second-order valence-corrected chi connectivity index (χ2v) is 5.42. The molecule has 4 heteroatoms. The third-order valence-corrected chi connectivity index (χ3v) is 3.91. The Labute approximate surface area is 120 Å². The molecule has 0 saturated heterocycles. The normalized spacial score (nSPS) is 16.9. The van der Waals surface area contributed by atoms with Crippen LogP contribution in [0.1, 0.15) is 32.3 Å². The van der Waals surface area contributed by atoms with Gasteiger partial charge in [0.15, 0.2) is 6.10 Å². The van der Waals surface area contributed by atoms with Crippen LogP contribution in [0, 0.1) is 17.2 Å². The lowest BCUT2D eigenvalue weighted by Gasteiger charge is -2.27. The van der Waals surface area contributed by atoms with E-state index in [1.807, 2.05) is 7.05 Å². The van der Waals surface area contributed by atoms with Crippen LogP contribution in [0.25, 0.3) is 0 Å². The van der Waals surface area contributed by atoms with Gasteiger partial charge in [0.05, 0.1) is 11.6 Å². The summed E-state index contributed by atoms with van der Waals surface area (Å²) in [6, 6.07) is 9.12. The molecule has 0 bridgehead atoms. The predicted octanol–water partition coefficient (Wildman–Crippen LogP) is 2.58. The van der Waals surface area contributed by atoms with Gasteiger partial charge in [-0.2, -0.15) is 5.26 Å². The van der Waals surface area contributed by atoms with Crippen LogP contribution in [0.15, 0.2) is 24.3 Å². The zero-order valence-corrected chi connectivity index (χ0v) is 12.2. The Balaban J connectivity index is 1.94. The molecule has 106 valence electrons. The number of likely N-dealkylation sites (N-methyl/N-ethyl adjacent to an activating group) is 1. The number of carbonyl (C=O) groups is 1. The fourth-order valence-corrected chi connectivity index (χ4v) is 2.24. The molecule has 2 unspecified atom stereocenters. The van der Waals surface area contributed by atoms with Crippen molar-refractivity contribution < 1.29 is 9.53 Å². The van der Waals surface area contributed by atoms with Gasteiger partial charge in [-0.25, -0.2) is 0 Å². The van der Waals surface area contributed by atoms with Crippen molar-refractivity contribution in [1.29, 1.82) is 5.26 Å². The molecule has 1 aliphatic rings. The van der Waals surface area contributed by atoms with E-state index < -0.39 is 6.10 Å². The zero-order valence-electron chi connectivity index (χ0n) is 12.2. The first-order valence-electron chi connectivity index (χ1n) is 6.96. The number of nitriles is 1. The first-order chi connectivity index (χ1) is 9.52. The standard InChI is InChI=1S/C16H20N2O2/c1-11(14-6-7-14)18(3)16(19)12(2)20-15-8-4-13(10-17)5-9-15/h4-5,8-9,11-12,14H,6-7H2,1-3H3. The lowest BCUT2D eigenvalue weighted by Crippen LogP contribution is -2.43. The van der Waals surface area contributed by atoms with E-state index in [9.17, 15) is 4.79 Å². The lowest BCUT2D eigenvalue weighted by molar-refractivity contribution is -0.138. The Morgan fingerprint density at radius 1 is 1.35 bits per heavy atom. The second kappa shape index (κ2) is 5.96. The summed E-state index contributed by atoms with van der Waals surface area (Å²) in [5.74, 6) is 1.25. The summed E-state index contributed by atoms with van der Waals surface area (Å²) in [5, 5.41) is 8.74. The topological polar surface area (TPSA) is 53.3 Å². The molecule has 0 radical (unpaired) electrons. The van der Waals surface area contributed by atoms with Gasteiger partial charge in [0.25, 0.3) is 5.91 Å². The average Bonchev–Trinajstić information content (AvgIpc) is 3.30. The molecule has 4 nitrogen and oxygen atoms in total. The Hall–Kier alpha value is -2.02. The maximum Gasteiger partial charge on any atom is 0.263 e. The van der Waals surface area contributed by atoms with Crippen LogP contribution in [-0.4, -0.2) is 30.0 Å². The molecule has 2 atom stereocenters. The summed E-state index contributed by atoms with van der Waals surface area (Å²) in [4.78, 5) is 14.1. The van der Waals surface area contributed by atoms with E-state index in [1.54, 1.807) is 36.1 Å². The summed E-state index contributed by atoms with van der Waals surface area (Å²) < 4.78 is 5.65. The fourth-order valence-electron chi connectivity index (χ4n) is 2.24. The van der Waals surface area contributed by atoms with E-state index >= 15 is 0 Å². The van der Waals surface area contributed by atoms with Gasteiger partial charge in [0, 0.05) is 13.1 Å². The van der Waals surface area contributed by atoms with Gasteiger partial charge in [-0.1, -0.05) is 0 Å². The third-order valence-electron chi connectivity index (χ3n) is 3.91. The van der Waals surface area contributed by atoms with E-state index in [-0.39, 0.29) is 11.9 Å². The number of carbonyl (C=O) groups excluding carboxylic acids is 1. The van der Waals surface area contributed by atoms with Crippen LogP contribution in [0.2, 0.25) is 0 Å². The number of amides is 1. The van der Waals surface area contributed by atoms with Gasteiger partial charge >= 0.3 is 0 Å². The number of ether oxygens (including phenoxy) is 1. The molecule has 20 heavy (non-hydrogen) atoms. The molecule has 1 fully saturated rings. The van der Waals surface area contributed by atoms with E-state index in [0.29, 0.717) is 17.2 Å². The van der Waals surface area contributed by atoms with E-state index in [1.165, 1.54) is 12.8 Å². The molecule has 1 amide bonds. The van der Waals surface area contributed by atoms with E-state index in [4.69, 9.17) is 10.00 Å². The van der Waals surface area contributed by atoms with Gasteiger partial charge in [0.1, 0.15) is 5.75 Å². The van der Waals surface area contributed by atoms with Crippen molar-refractivity contribution in [2.45, 2.75) is 38.8 Å². The van der Waals surface area contributed by atoms with Gasteiger partial charge in [-0.3, -0.25) is 4.79 Å². The smallest absolute Gasteiger partial charge is 0.263 e. The van der Waals surface area contributed by atoms with Gasteiger partial charge in [0.2, 0.25) is 0 Å². The van der Waals surface area contributed by atoms with Crippen molar-refractivity contribution in [2.24, 2.45) is 5.92 Å². The van der Waals surface area contributed by atoms with E-state index in [0.717, 1.165) is 0 Å². The highest BCUT2D eigenvalue weighted by molar-refractivity contribution is 5.81. The molecular weight excluding hydrogens is 252 g/mol. The monoisotopic (exact) mass is 272 g/mol. The molecule has 0 heterocycles. The molecule has 1 saturated carbocycles. The van der Waals surface area contributed by atoms with Crippen LogP contribution < -0.4 is 4.74 Å². The highest BCUT2D eigenvalue weighted by atomic mass is 16.5. The first kappa shape index (κ1) is 14.4. The highest BCUT2D eigenvalue weighted by Crippen LogP contribution is 2.34. The Morgan fingerprint density at radius 3 is 2.45 bits per heavy atom. The molecular formula is C16H20N2O2. The quantitative estimate of drug-likeness (QED) is 0.827. The Morgan fingerprint density at radius 2 is 1.95 bits per heavy atom. The minimum absolute atomic E-state index is 0.00578. The number of benzene rings is 1. The Bertz CT molecular complexity index is 514. The van der Waals surface area contributed by atoms with Crippen molar-refractivity contribution in [2.75, 3.05) is 7.05 Å². The van der Waals surface area contributed by atoms with Crippen LogP contribution >= 0.6 is 0 Å². The molecule has 1 aliphatic carbocycles. The number of rotatable bonds is 5. The third kappa shape index (κ3) is 3.30. The second-order valence-electron chi connectivity index (χ2n) is 5.42. The average molecular weight is 272 g/mol. The first-order valence-corrected chi connectivity index (χ1v) is 6.96. The molecule has 0 aliphatic heterocycles. The van der Waals surface area contributed by atoms with Gasteiger partial charge < -0.3 is 9.64 Å². The summed E-state index contributed by atoms with van der Waals surface area (Å²) in [7, 11) is 1.84. The molecule has 1 aromatic carbocycles. The number of hydrogen-bond donors (Lipinski definition) is 0. The highest BCUT2D eigenvalue weighted by Gasteiger charge is 2.34. The van der Waals surface area contributed by atoms with Crippen LogP contribution in [0.3, 0.4) is 0 Å². The summed E-state index contributed by atoms with van der Waals surface area (Å²) >= 11 is 0. The lowest BCUT2D eigenvalue weighted by atomic mass is 10.2. The van der Waals surface area contributed by atoms with Crippen LogP contribution in [-0.2, 0) is 4.79 Å². The maximum absolute atomic E-state index is 12.3. The largest absolute Gasteiger partial charge is 0.481 e. The molecule has 0 spiro atoms. The number of nitrogens with zero attached hydrogens (tertiary/aromatic N) is 2. The molecule has 0 N–H and O–H groups in total. The fraction of sp³-hybridized carbons (Fsp3) is 0.500. The zero-order chi connectivity index (χ0) is 14.7. The molecule has 2 rings (SSSR count). The summed E-state index contributed by atoms with van der Waals surface area (Å²) in [5.41, 5.74) is 0.579. The minimum atomic E-state index is -0.519. The predicted molar refractivity (Wildman–Crippen MR) is 76.2 cm³/mol. The number of hydrogen-bond acceptors (Lipinski definition) is 3. The SMILES string of the molecule is CC(Oc1ccc(C#N)cc1)C(=O)N(C)C(C)C1CC1. The molecule has 0 aromatic heterocycles. The minimum Gasteiger partial charge on any atom is -0.481 e. The van der Waals surface area contributed by atoms with Crippen molar-refractivity contribution in [3.63, 3.8) is 0 Å². The Kier molecular flexibility index (Phi) is 4.29. The van der Waals surface area contributed by atoms with E-state index in [2.05, 4.69) is 13.0 Å². The van der Waals surface area contributed by atoms with Crippen LogP contribution in [0.4, 0.5) is 0 Å². The van der Waals surface area contributed by atoms with Crippen LogP contribution in [0.5, 0.6) is 5.75 Å². The summed E-state index contributed by atoms with van der Waals surface area (Å²) in [6.45, 7) is 3.85. The van der Waals surface area contributed by atoms with Crippen molar-refractivity contribution in [3.8, 4) is 11.8 Å². The maximum atomic E-state index is 12.3. The van der Waals surface area contributed by atoms with Crippen molar-refractivity contribution >= 4 is 5.91 Å². The summed E-state index contributed by atoms with van der Waals surface area (Å²) in [6.07, 6.45) is 1.90. The van der Waals surface area contributed by atoms with Gasteiger partial charge in [-0.15, -0.1) is 0 Å². The van der Waals surface area contributed by atoms with Crippen molar-refractivity contribution in [3.05, 3.63) is 29.8 Å². The van der Waals surface area contributed by atoms with Crippen molar-refractivity contribution in [1.82, 2.24) is 4.90 Å². The molecule has 1 aromatic rings.